The van der Waals surface area contributed by atoms with Crippen LogP contribution in [-0.2, 0) is 10.0 Å². The van der Waals surface area contributed by atoms with Crippen molar-refractivity contribution in [1.82, 2.24) is 9.21 Å². The van der Waals surface area contributed by atoms with Crippen molar-refractivity contribution >= 4 is 10.0 Å². The molecule has 7 heteroatoms. The normalized spacial score (nSPS) is 27.4. The van der Waals surface area contributed by atoms with Crippen LogP contribution in [0.2, 0.25) is 0 Å². The van der Waals surface area contributed by atoms with E-state index in [2.05, 4.69) is 4.90 Å². The van der Waals surface area contributed by atoms with Crippen molar-refractivity contribution in [2.24, 2.45) is 5.41 Å². The molecule has 0 bridgehead atoms. The molecule has 0 saturated carbocycles. The number of nitrogens with zero attached hydrogens (tertiary/aromatic N) is 2. The second-order valence-electron chi connectivity index (χ2n) is 8.21. The number of hydrogen-bond acceptors (Lipinski definition) is 5. The molecular weight excluding hydrogens is 364 g/mol. The van der Waals surface area contributed by atoms with Crippen molar-refractivity contribution in [3.05, 3.63) is 22.8 Å². The summed E-state index contributed by atoms with van der Waals surface area (Å²) in [7, 11) is 0.0489. The molecule has 2 heterocycles. The SMILES string of the molecule is COc1c(C)cc(S(=O)(=O)N2CC[C@@]3(CO)CCCN(C)[C@@H]3C2)c(C)c1C. The molecule has 6 nitrogen and oxygen atoms in total. The minimum atomic E-state index is -3.60. The number of ether oxygens (including phenoxy) is 1. The summed E-state index contributed by atoms with van der Waals surface area (Å²) in [5.41, 5.74) is 2.26. The molecule has 2 aliphatic heterocycles. The third-order valence-electron chi connectivity index (χ3n) is 6.78. The van der Waals surface area contributed by atoms with E-state index in [9.17, 15) is 13.5 Å². The molecule has 2 atom stereocenters. The Bertz CT molecular complexity index is 824. The molecule has 27 heavy (non-hydrogen) atoms. The molecule has 2 saturated heterocycles. The summed E-state index contributed by atoms with van der Waals surface area (Å²) in [6.45, 7) is 7.59. The number of sulfonamides is 1. The van der Waals surface area contributed by atoms with Gasteiger partial charge in [0.15, 0.2) is 0 Å². The van der Waals surface area contributed by atoms with Crippen LogP contribution < -0.4 is 4.74 Å². The zero-order valence-corrected chi connectivity index (χ0v) is 17.9. The maximum Gasteiger partial charge on any atom is 0.243 e. The second-order valence-corrected chi connectivity index (χ2v) is 10.1. The van der Waals surface area contributed by atoms with Gasteiger partial charge in [-0.15, -0.1) is 0 Å². The van der Waals surface area contributed by atoms with Crippen molar-refractivity contribution in [2.75, 3.05) is 40.4 Å². The summed E-state index contributed by atoms with van der Waals surface area (Å²) in [4.78, 5) is 2.59. The van der Waals surface area contributed by atoms with E-state index in [1.165, 1.54) is 0 Å². The fourth-order valence-electron chi connectivity index (χ4n) is 4.95. The van der Waals surface area contributed by atoms with Gasteiger partial charge in [-0.1, -0.05) is 0 Å². The van der Waals surface area contributed by atoms with Gasteiger partial charge in [0, 0.05) is 24.5 Å². The topological polar surface area (TPSA) is 70.1 Å². The quantitative estimate of drug-likeness (QED) is 0.844. The Morgan fingerprint density at radius 3 is 2.56 bits per heavy atom. The summed E-state index contributed by atoms with van der Waals surface area (Å²) in [5, 5.41) is 10.1. The number of fused-ring (bicyclic) bond motifs is 1. The van der Waals surface area contributed by atoms with Crippen LogP contribution in [0.25, 0.3) is 0 Å². The van der Waals surface area contributed by atoms with Gasteiger partial charge in [-0.3, -0.25) is 0 Å². The van der Waals surface area contributed by atoms with Crippen LogP contribution in [0, 0.1) is 26.2 Å². The molecule has 1 aromatic carbocycles. The zero-order chi connectivity index (χ0) is 20.0. The van der Waals surface area contributed by atoms with Crippen molar-refractivity contribution in [2.45, 2.75) is 51.0 Å². The van der Waals surface area contributed by atoms with Gasteiger partial charge >= 0.3 is 0 Å². The first kappa shape index (κ1) is 20.6. The summed E-state index contributed by atoms with van der Waals surface area (Å²) in [6.07, 6.45) is 2.72. The molecule has 0 aliphatic carbocycles. The van der Waals surface area contributed by atoms with Crippen LogP contribution in [0.1, 0.15) is 36.0 Å². The number of likely N-dealkylation sites (N-methyl/N-ethyl adjacent to an activating group) is 1. The molecule has 0 spiro atoms. The van der Waals surface area contributed by atoms with Gasteiger partial charge in [0.05, 0.1) is 18.6 Å². The van der Waals surface area contributed by atoms with E-state index in [1.54, 1.807) is 17.5 Å². The molecule has 1 N–H and O–H groups in total. The van der Waals surface area contributed by atoms with Gasteiger partial charge in [-0.2, -0.15) is 4.31 Å². The number of methoxy groups -OCH3 is 1. The molecule has 0 radical (unpaired) electrons. The Hall–Kier alpha value is -1.15. The number of aryl methyl sites for hydroxylation is 1. The average Bonchev–Trinajstić information content (AvgIpc) is 2.65. The summed E-state index contributed by atoms with van der Waals surface area (Å²) in [6, 6.07) is 1.79. The van der Waals surface area contributed by atoms with E-state index in [0.717, 1.165) is 41.8 Å². The Morgan fingerprint density at radius 2 is 1.93 bits per heavy atom. The Kier molecular flexibility index (Phi) is 5.60. The average molecular weight is 397 g/mol. The first-order chi connectivity index (χ1) is 12.7. The first-order valence-electron chi connectivity index (χ1n) is 9.64. The number of aliphatic hydroxyl groups is 1. The molecule has 0 unspecified atom stereocenters. The lowest BCUT2D eigenvalue weighted by atomic mass is 9.69. The first-order valence-corrected chi connectivity index (χ1v) is 11.1. The van der Waals surface area contributed by atoms with Crippen molar-refractivity contribution in [3.8, 4) is 5.75 Å². The number of hydrogen-bond donors (Lipinski definition) is 1. The van der Waals surface area contributed by atoms with Crippen molar-refractivity contribution in [1.29, 1.82) is 0 Å². The maximum atomic E-state index is 13.5. The minimum absolute atomic E-state index is 0.0560. The van der Waals surface area contributed by atoms with Gasteiger partial charge in [0.25, 0.3) is 0 Å². The minimum Gasteiger partial charge on any atom is -0.496 e. The monoisotopic (exact) mass is 396 g/mol. The lowest BCUT2D eigenvalue weighted by molar-refractivity contribution is -0.0508. The highest BCUT2D eigenvalue weighted by atomic mass is 32.2. The highest BCUT2D eigenvalue weighted by Crippen LogP contribution is 2.43. The largest absolute Gasteiger partial charge is 0.496 e. The molecule has 3 rings (SSSR count). The van der Waals surface area contributed by atoms with Crippen LogP contribution in [-0.4, -0.2) is 69.2 Å². The van der Waals surface area contributed by atoms with Crippen LogP contribution in [0.5, 0.6) is 5.75 Å². The smallest absolute Gasteiger partial charge is 0.243 e. The van der Waals surface area contributed by atoms with Gasteiger partial charge < -0.3 is 14.7 Å². The van der Waals surface area contributed by atoms with E-state index < -0.39 is 10.0 Å². The Labute approximate surface area is 163 Å². The fraction of sp³-hybridized carbons (Fsp3) is 0.700. The zero-order valence-electron chi connectivity index (χ0n) is 17.1. The summed E-state index contributed by atoms with van der Waals surface area (Å²) in [5.74, 6) is 0.747. The predicted octanol–water partition coefficient (Wildman–Crippen LogP) is 2.09. The number of rotatable bonds is 4. The van der Waals surface area contributed by atoms with E-state index in [0.29, 0.717) is 24.4 Å². The predicted molar refractivity (Wildman–Crippen MR) is 106 cm³/mol. The van der Waals surface area contributed by atoms with Crippen LogP contribution in [0.15, 0.2) is 11.0 Å². The molecule has 1 aromatic rings. The van der Waals surface area contributed by atoms with Gasteiger partial charge in [-0.25, -0.2) is 8.42 Å². The molecule has 0 amide bonds. The number of aliphatic hydroxyl groups excluding tert-OH is 1. The maximum absolute atomic E-state index is 13.5. The lowest BCUT2D eigenvalue weighted by Crippen LogP contribution is -2.62. The fourth-order valence-corrected chi connectivity index (χ4v) is 6.76. The molecule has 0 aromatic heterocycles. The highest BCUT2D eigenvalue weighted by molar-refractivity contribution is 7.89. The van der Waals surface area contributed by atoms with E-state index in [-0.39, 0.29) is 18.1 Å². The van der Waals surface area contributed by atoms with Gasteiger partial charge in [-0.05, 0) is 76.4 Å². The Balaban J connectivity index is 1.97. The summed E-state index contributed by atoms with van der Waals surface area (Å²) >= 11 is 0. The second kappa shape index (κ2) is 7.35. The van der Waals surface area contributed by atoms with Crippen LogP contribution in [0.3, 0.4) is 0 Å². The van der Waals surface area contributed by atoms with Crippen LogP contribution in [0.4, 0.5) is 0 Å². The molecule has 152 valence electrons. The van der Waals surface area contributed by atoms with Crippen molar-refractivity contribution in [3.63, 3.8) is 0 Å². The standard InChI is InChI=1S/C20H32N2O4S/c1-14-11-17(15(2)16(3)19(14)26-5)27(24,25)22-10-8-20(13-23)7-6-9-21(4)18(20)12-22/h11,18,23H,6-10,12-13H2,1-5H3/t18-,20-/m1/s1. The van der Waals surface area contributed by atoms with Gasteiger partial charge in [0.2, 0.25) is 10.0 Å². The number of likely N-dealkylation sites (tertiary alicyclic amines) is 1. The lowest BCUT2D eigenvalue weighted by Gasteiger charge is -2.53. The highest BCUT2D eigenvalue weighted by Gasteiger charge is 2.48. The van der Waals surface area contributed by atoms with Gasteiger partial charge in [0.1, 0.15) is 5.75 Å². The third-order valence-corrected chi connectivity index (χ3v) is 8.77. The van der Waals surface area contributed by atoms with E-state index in [4.69, 9.17) is 4.74 Å². The third kappa shape index (κ3) is 3.28. The molecule has 2 fully saturated rings. The molecule has 2 aliphatic rings. The van der Waals surface area contributed by atoms with E-state index in [1.807, 2.05) is 27.8 Å². The Morgan fingerprint density at radius 1 is 1.22 bits per heavy atom. The summed E-state index contributed by atoms with van der Waals surface area (Å²) < 4.78 is 34.0. The number of benzene rings is 1. The number of piperidine rings is 2. The van der Waals surface area contributed by atoms with Crippen molar-refractivity contribution < 1.29 is 18.3 Å². The van der Waals surface area contributed by atoms with E-state index >= 15 is 0 Å². The van der Waals surface area contributed by atoms with Crippen LogP contribution >= 0.6 is 0 Å². The molecular formula is C20H32N2O4S.